The summed E-state index contributed by atoms with van der Waals surface area (Å²) in [5.41, 5.74) is 1.97. The molecule has 1 aliphatic rings. The number of fused-ring (bicyclic) bond motifs is 1. The van der Waals surface area contributed by atoms with Crippen LogP contribution in [0.1, 0.15) is 26.7 Å². The highest BCUT2D eigenvalue weighted by molar-refractivity contribution is 5.93. The molecule has 0 aliphatic carbocycles. The van der Waals surface area contributed by atoms with Crippen molar-refractivity contribution in [2.24, 2.45) is 5.92 Å². The summed E-state index contributed by atoms with van der Waals surface area (Å²) >= 11 is 0. The van der Waals surface area contributed by atoms with E-state index in [4.69, 9.17) is 4.98 Å². The van der Waals surface area contributed by atoms with E-state index in [-0.39, 0.29) is 11.8 Å². The maximum absolute atomic E-state index is 13.1. The van der Waals surface area contributed by atoms with Gasteiger partial charge < -0.3 is 14.4 Å². The number of carbonyl (C=O) groups is 1. The molecule has 164 valence electrons. The first-order valence-corrected chi connectivity index (χ1v) is 11.2. The summed E-state index contributed by atoms with van der Waals surface area (Å²) in [7, 11) is 0. The molecule has 0 bridgehead atoms. The third kappa shape index (κ3) is 4.85. The maximum Gasteiger partial charge on any atom is 0.229 e. The lowest BCUT2D eigenvalue weighted by Gasteiger charge is -2.31. The number of hydrogen-bond acceptors (Lipinski definition) is 6. The Hall–Kier alpha value is -3.00. The van der Waals surface area contributed by atoms with Gasteiger partial charge in [-0.05, 0) is 38.1 Å². The number of nitrogens with one attached hydrogen (secondary N) is 1. The molecule has 0 unspecified atom stereocenters. The van der Waals surface area contributed by atoms with Crippen molar-refractivity contribution < 1.29 is 4.79 Å². The molecule has 2 aromatic heterocycles. The maximum atomic E-state index is 13.1. The van der Waals surface area contributed by atoms with Crippen LogP contribution in [0.4, 0.5) is 11.8 Å². The Morgan fingerprint density at radius 3 is 2.65 bits per heavy atom. The van der Waals surface area contributed by atoms with Gasteiger partial charge in [-0.3, -0.25) is 15.1 Å². The first kappa shape index (κ1) is 21.2. The minimum Gasteiger partial charge on any atom is -0.355 e. The number of benzene rings is 1. The highest BCUT2D eigenvalue weighted by Crippen LogP contribution is 2.24. The molecule has 3 aromatic rings. The third-order valence-corrected chi connectivity index (χ3v) is 6.16. The standard InChI is InChI=1S/C23H31N7O/c1-3-28(4-2)15-16-30-20-8-6-5-7-19(20)26-23(30)27-22(31)18-9-13-29(14-10-18)21-17-24-11-12-25-21/h5-8,11-12,17-18H,3-4,9-10,13-16H2,1-2H3,(H,26,27,31). The summed E-state index contributed by atoms with van der Waals surface area (Å²) in [6.45, 7) is 9.68. The molecule has 1 fully saturated rings. The first-order valence-electron chi connectivity index (χ1n) is 11.2. The number of anilines is 2. The van der Waals surface area contributed by atoms with Crippen LogP contribution in [0.3, 0.4) is 0 Å². The van der Waals surface area contributed by atoms with Crippen LogP contribution >= 0.6 is 0 Å². The van der Waals surface area contributed by atoms with Gasteiger partial charge in [0.15, 0.2) is 0 Å². The quantitative estimate of drug-likeness (QED) is 0.602. The van der Waals surface area contributed by atoms with Crippen LogP contribution in [0.5, 0.6) is 0 Å². The van der Waals surface area contributed by atoms with Gasteiger partial charge in [-0.1, -0.05) is 26.0 Å². The molecule has 8 heteroatoms. The summed E-state index contributed by atoms with van der Waals surface area (Å²) in [4.78, 5) is 30.9. The third-order valence-electron chi connectivity index (χ3n) is 6.16. The van der Waals surface area contributed by atoms with Crippen molar-refractivity contribution >= 4 is 28.7 Å². The number of rotatable bonds is 8. The summed E-state index contributed by atoms with van der Waals surface area (Å²) < 4.78 is 2.14. The highest BCUT2D eigenvalue weighted by atomic mass is 16.2. The normalized spacial score (nSPS) is 15.0. The SMILES string of the molecule is CCN(CC)CCn1c(NC(=O)C2CCN(c3cnccn3)CC2)nc2ccccc21. The van der Waals surface area contributed by atoms with E-state index in [0.717, 1.165) is 69.0 Å². The molecule has 0 atom stereocenters. The van der Waals surface area contributed by atoms with E-state index in [1.807, 2.05) is 18.2 Å². The van der Waals surface area contributed by atoms with E-state index >= 15 is 0 Å². The lowest BCUT2D eigenvalue weighted by molar-refractivity contribution is -0.120. The van der Waals surface area contributed by atoms with E-state index in [0.29, 0.717) is 5.95 Å². The summed E-state index contributed by atoms with van der Waals surface area (Å²) in [6.07, 6.45) is 6.75. The molecule has 31 heavy (non-hydrogen) atoms. The number of carbonyl (C=O) groups excluding carboxylic acids is 1. The molecule has 0 radical (unpaired) electrons. The molecule has 1 N–H and O–H groups in total. The van der Waals surface area contributed by atoms with Crippen LogP contribution in [-0.2, 0) is 11.3 Å². The van der Waals surface area contributed by atoms with Crippen molar-refractivity contribution in [3.05, 3.63) is 42.9 Å². The zero-order chi connectivity index (χ0) is 21.6. The molecule has 0 spiro atoms. The monoisotopic (exact) mass is 421 g/mol. The van der Waals surface area contributed by atoms with E-state index < -0.39 is 0 Å². The Morgan fingerprint density at radius 2 is 1.94 bits per heavy atom. The number of imidazole rings is 1. The van der Waals surface area contributed by atoms with Gasteiger partial charge in [-0.25, -0.2) is 9.97 Å². The van der Waals surface area contributed by atoms with E-state index in [9.17, 15) is 4.79 Å². The highest BCUT2D eigenvalue weighted by Gasteiger charge is 2.27. The topological polar surface area (TPSA) is 79.2 Å². The van der Waals surface area contributed by atoms with Gasteiger partial charge in [0.2, 0.25) is 11.9 Å². The zero-order valence-electron chi connectivity index (χ0n) is 18.4. The second-order valence-corrected chi connectivity index (χ2v) is 7.92. The van der Waals surface area contributed by atoms with Gasteiger partial charge in [0, 0.05) is 44.5 Å². The second kappa shape index (κ2) is 9.87. The van der Waals surface area contributed by atoms with Gasteiger partial charge in [-0.15, -0.1) is 0 Å². The van der Waals surface area contributed by atoms with Crippen molar-refractivity contribution in [3.8, 4) is 0 Å². The number of piperidine rings is 1. The molecule has 1 aliphatic heterocycles. The van der Waals surface area contributed by atoms with E-state index in [1.54, 1.807) is 18.6 Å². The van der Waals surface area contributed by atoms with Crippen molar-refractivity contribution in [1.82, 2.24) is 24.4 Å². The summed E-state index contributed by atoms with van der Waals surface area (Å²) in [5.74, 6) is 1.55. The zero-order valence-corrected chi connectivity index (χ0v) is 18.4. The minimum atomic E-state index is -0.0241. The van der Waals surface area contributed by atoms with Crippen molar-refractivity contribution in [3.63, 3.8) is 0 Å². The van der Waals surface area contributed by atoms with Crippen LogP contribution < -0.4 is 10.2 Å². The van der Waals surface area contributed by atoms with Gasteiger partial charge in [-0.2, -0.15) is 0 Å². The molecule has 4 rings (SSSR count). The number of aromatic nitrogens is 4. The molecule has 0 saturated carbocycles. The molecule has 3 heterocycles. The lowest BCUT2D eigenvalue weighted by Crippen LogP contribution is -2.39. The fourth-order valence-electron chi connectivity index (χ4n) is 4.22. The summed E-state index contributed by atoms with van der Waals surface area (Å²) in [6, 6.07) is 8.07. The van der Waals surface area contributed by atoms with Gasteiger partial charge in [0.25, 0.3) is 0 Å². The van der Waals surface area contributed by atoms with Crippen LogP contribution in [-0.4, -0.2) is 63.0 Å². The van der Waals surface area contributed by atoms with Crippen LogP contribution in [0.2, 0.25) is 0 Å². The fourth-order valence-corrected chi connectivity index (χ4v) is 4.22. The Balaban J connectivity index is 1.44. The van der Waals surface area contributed by atoms with Crippen molar-refractivity contribution in [2.45, 2.75) is 33.2 Å². The fraction of sp³-hybridized carbons (Fsp3) is 0.478. The smallest absolute Gasteiger partial charge is 0.229 e. The number of likely N-dealkylation sites (N-methyl/N-ethyl adjacent to an activating group) is 1. The number of para-hydroxylation sites is 2. The number of nitrogens with zero attached hydrogens (tertiary/aromatic N) is 6. The van der Waals surface area contributed by atoms with Gasteiger partial charge >= 0.3 is 0 Å². The Kier molecular flexibility index (Phi) is 6.76. The van der Waals surface area contributed by atoms with Crippen molar-refractivity contribution in [2.75, 3.05) is 42.9 Å². The molecule has 1 saturated heterocycles. The van der Waals surface area contributed by atoms with Crippen molar-refractivity contribution in [1.29, 1.82) is 0 Å². The molecule has 1 aromatic carbocycles. The predicted molar refractivity (Wildman–Crippen MR) is 123 cm³/mol. The molecule has 8 nitrogen and oxygen atoms in total. The second-order valence-electron chi connectivity index (χ2n) is 7.92. The largest absolute Gasteiger partial charge is 0.355 e. The molecular formula is C23H31N7O. The Morgan fingerprint density at radius 1 is 1.16 bits per heavy atom. The lowest BCUT2D eigenvalue weighted by atomic mass is 9.96. The van der Waals surface area contributed by atoms with Crippen LogP contribution in [0.15, 0.2) is 42.9 Å². The van der Waals surface area contributed by atoms with Gasteiger partial charge in [0.1, 0.15) is 5.82 Å². The number of hydrogen-bond donors (Lipinski definition) is 1. The van der Waals surface area contributed by atoms with Crippen LogP contribution in [0.25, 0.3) is 11.0 Å². The Bertz CT molecular complexity index is 992. The van der Waals surface area contributed by atoms with E-state index in [2.05, 4.69) is 49.6 Å². The average molecular weight is 422 g/mol. The minimum absolute atomic E-state index is 0.0241. The molecule has 1 amide bonds. The van der Waals surface area contributed by atoms with Gasteiger partial charge in [0.05, 0.1) is 17.2 Å². The average Bonchev–Trinajstić information content (AvgIpc) is 3.17. The molecular weight excluding hydrogens is 390 g/mol. The summed E-state index contributed by atoms with van der Waals surface area (Å²) in [5, 5.41) is 3.13. The predicted octanol–water partition coefficient (Wildman–Crippen LogP) is 3.02. The Labute approximate surface area is 183 Å². The van der Waals surface area contributed by atoms with E-state index in [1.165, 1.54) is 0 Å². The number of amides is 1. The van der Waals surface area contributed by atoms with Crippen LogP contribution in [0, 0.1) is 5.92 Å². The first-order chi connectivity index (χ1) is 15.2.